The quantitative estimate of drug-likeness (QED) is 0.838. The van der Waals surface area contributed by atoms with Crippen molar-refractivity contribution in [2.24, 2.45) is 5.92 Å². The third-order valence-electron chi connectivity index (χ3n) is 1.55. The lowest BCUT2D eigenvalue weighted by atomic mass is 10.3. The van der Waals surface area contributed by atoms with Crippen LogP contribution in [-0.2, 0) is 10.0 Å². The standard InChI is InChI=1S/C9H13NO4S/c1-7(2)6-15(12,13)10-9(11)8-4-3-5-14-8/h3-5,7H,6H2,1-2H3,(H,10,11). The molecule has 0 radical (unpaired) electrons. The predicted octanol–water partition coefficient (Wildman–Crippen LogP) is 0.995. The molecule has 1 amide bonds. The highest BCUT2D eigenvalue weighted by Gasteiger charge is 2.18. The van der Waals surface area contributed by atoms with Crippen LogP contribution in [0.1, 0.15) is 24.4 Å². The van der Waals surface area contributed by atoms with Gasteiger partial charge in [-0.05, 0) is 18.1 Å². The number of furan rings is 1. The fourth-order valence-corrected chi connectivity index (χ4v) is 2.42. The van der Waals surface area contributed by atoms with E-state index in [2.05, 4.69) is 0 Å². The van der Waals surface area contributed by atoms with E-state index in [1.54, 1.807) is 13.8 Å². The molecule has 0 saturated carbocycles. The largest absolute Gasteiger partial charge is 0.459 e. The Morgan fingerprint density at radius 2 is 2.20 bits per heavy atom. The smallest absolute Gasteiger partial charge is 0.300 e. The van der Waals surface area contributed by atoms with E-state index < -0.39 is 15.9 Å². The number of carbonyl (C=O) groups is 1. The lowest BCUT2D eigenvalue weighted by Gasteiger charge is -2.07. The van der Waals surface area contributed by atoms with Crippen LogP contribution in [0.3, 0.4) is 0 Å². The summed E-state index contributed by atoms with van der Waals surface area (Å²) >= 11 is 0. The van der Waals surface area contributed by atoms with Gasteiger partial charge in [0.25, 0.3) is 5.91 Å². The second kappa shape index (κ2) is 4.48. The second-order valence-corrected chi connectivity index (χ2v) is 5.35. The average Bonchev–Trinajstić information content (AvgIpc) is 2.50. The SMILES string of the molecule is CC(C)CS(=O)(=O)NC(=O)c1ccco1. The molecule has 0 spiro atoms. The van der Waals surface area contributed by atoms with Crippen LogP contribution >= 0.6 is 0 Å². The summed E-state index contributed by atoms with van der Waals surface area (Å²) in [5.74, 6) is -0.866. The molecule has 0 bridgehead atoms. The predicted molar refractivity (Wildman–Crippen MR) is 54.8 cm³/mol. The molecule has 0 atom stereocenters. The zero-order valence-corrected chi connectivity index (χ0v) is 9.37. The third-order valence-corrected chi connectivity index (χ3v) is 3.15. The van der Waals surface area contributed by atoms with Crippen LogP contribution in [0.5, 0.6) is 0 Å². The lowest BCUT2D eigenvalue weighted by molar-refractivity contribution is 0.0954. The van der Waals surface area contributed by atoms with Gasteiger partial charge >= 0.3 is 0 Å². The van der Waals surface area contributed by atoms with Gasteiger partial charge in [-0.3, -0.25) is 4.79 Å². The van der Waals surface area contributed by atoms with Gasteiger partial charge in [-0.15, -0.1) is 0 Å². The number of hydrogen-bond donors (Lipinski definition) is 1. The first-order chi connectivity index (χ1) is 6.91. The summed E-state index contributed by atoms with van der Waals surface area (Å²) in [7, 11) is -3.57. The molecule has 0 aliphatic heterocycles. The Morgan fingerprint density at radius 3 is 2.67 bits per heavy atom. The van der Waals surface area contributed by atoms with E-state index in [-0.39, 0.29) is 17.4 Å². The Morgan fingerprint density at radius 1 is 1.53 bits per heavy atom. The maximum absolute atomic E-state index is 11.4. The zero-order valence-electron chi connectivity index (χ0n) is 8.56. The lowest BCUT2D eigenvalue weighted by Crippen LogP contribution is -2.33. The number of sulfonamides is 1. The first kappa shape index (κ1) is 11.8. The Kier molecular flexibility index (Phi) is 3.52. The van der Waals surface area contributed by atoms with Crippen molar-refractivity contribution in [3.63, 3.8) is 0 Å². The molecule has 1 heterocycles. The molecular formula is C9H13NO4S. The number of nitrogens with one attached hydrogen (secondary N) is 1. The van der Waals surface area contributed by atoms with Crippen LogP contribution in [0.4, 0.5) is 0 Å². The van der Waals surface area contributed by atoms with Gasteiger partial charge in [0, 0.05) is 0 Å². The fraction of sp³-hybridized carbons (Fsp3) is 0.444. The van der Waals surface area contributed by atoms with Crippen molar-refractivity contribution < 1.29 is 17.6 Å². The van der Waals surface area contributed by atoms with Crippen LogP contribution in [-0.4, -0.2) is 20.1 Å². The van der Waals surface area contributed by atoms with E-state index >= 15 is 0 Å². The van der Waals surface area contributed by atoms with Crippen molar-refractivity contribution in [1.29, 1.82) is 0 Å². The molecule has 6 heteroatoms. The van der Waals surface area contributed by atoms with Crippen molar-refractivity contribution in [3.8, 4) is 0 Å². The number of carbonyl (C=O) groups excluding carboxylic acids is 1. The Balaban J connectivity index is 2.67. The van der Waals surface area contributed by atoms with E-state index in [0.717, 1.165) is 0 Å². The highest BCUT2D eigenvalue weighted by Crippen LogP contribution is 2.02. The Labute approximate surface area is 88.5 Å². The maximum atomic E-state index is 11.4. The summed E-state index contributed by atoms with van der Waals surface area (Å²) in [5.41, 5.74) is 0. The molecule has 0 saturated heterocycles. The molecule has 1 rings (SSSR count). The van der Waals surface area contributed by atoms with Crippen LogP contribution in [0.25, 0.3) is 0 Å². The second-order valence-electron chi connectivity index (χ2n) is 3.58. The van der Waals surface area contributed by atoms with Gasteiger partial charge in [0.1, 0.15) is 0 Å². The third kappa shape index (κ3) is 3.75. The summed E-state index contributed by atoms with van der Waals surface area (Å²) in [4.78, 5) is 11.3. The molecule has 0 aliphatic carbocycles. The first-order valence-electron chi connectivity index (χ1n) is 4.49. The van der Waals surface area contributed by atoms with Crippen LogP contribution in [0.15, 0.2) is 22.8 Å². The molecular weight excluding hydrogens is 218 g/mol. The van der Waals surface area contributed by atoms with E-state index in [9.17, 15) is 13.2 Å². The average molecular weight is 231 g/mol. The Bertz CT molecular complexity index is 419. The monoisotopic (exact) mass is 231 g/mol. The minimum absolute atomic E-state index is 0.0117. The zero-order chi connectivity index (χ0) is 11.5. The van der Waals surface area contributed by atoms with Gasteiger partial charge in [-0.1, -0.05) is 13.8 Å². The van der Waals surface area contributed by atoms with Crippen molar-refractivity contribution in [1.82, 2.24) is 4.72 Å². The van der Waals surface area contributed by atoms with Gasteiger partial charge in [0.05, 0.1) is 12.0 Å². The number of amides is 1. The van der Waals surface area contributed by atoms with Crippen LogP contribution in [0.2, 0.25) is 0 Å². The van der Waals surface area contributed by atoms with Crippen LogP contribution in [0, 0.1) is 5.92 Å². The molecule has 0 fully saturated rings. The highest BCUT2D eigenvalue weighted by molar-refractivity contribution is 7.90. The van der Waals surface area contributed by atoms with Gasteiger partial charge < -0.3 is 4.42 Å². The minimum atomic E-state index is -3.57. The van der Waals surface area contributed by atoms with Crippen molar-refractivity contribution in [3.05, 3.63) is 24.2 Å². The Hall–Kier alpha value is -1.30. The van der Waals surface area contributed by atoms with Crippen LogP contribution < -0.4 is 4.72 Å². The van der Waals surface area contributed by atoms with E-state index in [4.69, 9.17) is 4.42 Å². The molecule has 84 valence electrons. The van der Waals surface area contributed by atoms with Gasteiger partial charge in [0.2, 0.25) is 10.0 Å². The summed E-state index contributed by atoms with van der Waals surface area (Å²) in [6.07, 6.45) is 1.31. The van der Waals surface area contributed by atoms with Gasteiger partial charge in [-0.25, -0.2) is 13.1 Å². The van der Waals surface area contributed by atoms with Crippen molar-refractivity contribution in [2.45, 2.75) is 13.8 Å². The molecule has 5 nitrogen and oxygen atoms in total. The van der Waals surface area contributed by atoms with Gasteiger partial charge in [-0.2, -0.15) is 0 Å². The molecule has 0 aromatic carbocycles. The normalized spacial score (nSPS) is 11.7. The molecule has 1 N–H and O–H groups in total. The summed E-state index contributed by atoms with van der Waals surface area (Å²) in [6.45, 7) is 3.52. The summed E-state index contributed by atoms with van der Waals surface area (Å²) in [6, 6.07) is 2.92. The molecule has 15 heavy (non-hydrogen) atoms. The topological polar surface area (TPSA) is 76.4 Å². The number of rotatable bonds is 4. The van der Waals surface area contributed by atoms with Crippen molar-refractivity contribution >= 4 is 15.9 Å². The molecule has 1 aromatic rings. The molecule has 0 aliphatic rings. The molecule has 1 aromatic heterocycles. The summed E-state index contributed by atoms with van der Waals surface area (Å²) < 4.78 is 29.4. The fourth-order valence-electron chi connectivity index (χ4n) is 1.08. The minimum Gasteiger partial charge on any atom is -0.459 e. The number of hydrogen-bond acceptors (Lipinski definition) is 4. The van der Waals surface area contributed by atoms with E-state index in [1.165, 1.54) is 18.4 Å². The highest BCUT2D eigenvalue weighted by atomic mass is 32.2. The van der Waals surface area contributed by atoms with Gasteiger partial charge in [0.15, 0.2) is 5.76 Å². The molecule has 0 unspecified atom stereocenters. The summed E-state index contributed by atoms with van der Waals surface area (Å²) in [5, 5.41) is 0. The van der Waals surface area contributed by atoms with Crippen molar-refractivity contribution in [2.75, 3.05) is 5.75 Å². The maximum Gasteiger partial charge on any atom is 0.300 e. The first-order valence-corrected chi connectivity index (χ1v) is 6.14. The van der Waals surface area contributed by atoms with E-state index in [1.807, 2.05) is 4.72 Å². The van der Waals surface area contributed by atoms with E-state index in [0.29, 0.717) is 0 Å².